The molecule has 0 heterocycles. The molecular formula is C20H22FNO2. The van der Waals surface area contributed by atoms with Crippen molar-refractivity contribution in [3.8, 4) is 5.75 Å². The summed E-state index contributed by atoms with van der Waals surface area (Å²) >= 11 is 0. The van der Waals surface area contributed by atoms with Gasteiger partial charge in [-0.05, 0) is 49.4 Å². The third-order valence-electron chi connectivity index (χ3n) is 4.64. The maximum absolute atomic E-state index is 13.7. The summed E-state index contributed by atoms with van der Waals surface area (Å²) < 4.78 is 18.9. The van der Waals surface area contributed by atoms with Gasteiger partial charge in [0.25, 0.3) is 5.91 Å². The highest BCUT2D eigenvalue weighted by Gasteiger charge is 2.35. The number of methoxy groups -OCH3 is 1. The molecule has 0 N–H and O–H groups in total. The lowest BCUT2D eigenvalue weighted by Gasteiger charge is -2.30. The number of hydrogen-bond donors (Lipinski definition) is 0. The first-order chi connectivity index (χ1) is 11.6. The van der Waals surface area contributed by atoms with Gasteiger partial charge in [0.1, 0.15) is 11.6 Å². The summed E-state index contributed by atoms with van der Waals surface area (Å²) in [5, 5.41) is 0. The Bertz CT molecular complexity index is 713. The van der Waals surface area contributed by atoms with Gasteiger partial charge in [-0.2, -0.15) is 0 Å². The van der Waals surface area contributed by atoms with E-state index in [2.05, 4.69) is 6.92 Å². The molecule has 2 aromatic rings. The Morgan fingerprint density at radius 1 is 1.25 bits per heavy atom. The molecule has 1 unspecified atom stereocenters. The minimum Gasteiger partial charge on any atom is -0.496 e. The van der Waals surface area contributed by atoms with Gasteiger partial charge in [-0.15, -0.1) is 0 Å². The lowest BCUT2D eigenvalue weighted by Crippen LogP contribution is -2.39. The fraction of sp³-hybridized carbons (Fsp3) is 0.350. The molecule has 2 aromatic carbocycles. The van der Waals surface area contributed by atoms with Gasteiger partial charge >= 0.3 is 0 Å². The molecule has 0 saturated heterocycles. The summed E-state index contributed by atoms with van der Waals surface area (Å²) in [5.41, 5.74) is 1.34. The molecule has 126 valence electrons. The molecule has 0 aliphatic heterocycles. The van der Waals surface area contributed by atoms with Crippen LogP contribution in [0.15, 0.2) is 48.5 Å². The van der Waals surface area contributed by atoms with Crippen LogP contribution in [0.4, 0.5) is 4.39 Å². The third kappa shape index (κ3) is 3.58. The topological polar surface area (TPSA) is 29.5 Å². The Morgan fingerprint density at radius 3 is 2.58 bits per heavy atom. The molecule has 24 heavy (non-hydrogen) atoms. The lowest BCUT2D eigenvalue weighted by atomic mass is 10.1. The maximum atomic E-state index is 13.7. The van der Waals surface area contributed by atoms with Gasteiger partial charge in [0.2, 0.25) is 0 Å². The first-order valence-electron chi connectivity index (χ1n) is 8.28. The molecule has 1 aliphatic rings. The van der Waals surface area contributed by atoms with E-state index in [-0.39, 0.29) is 17.5 Å². The number of nitrogens with zero attached hydrogens (tertiary/aromatic N) is 1. The van der Waals surface area contributed by atoms with E-state index in [1.807, 2.05) is 35.2 Å². The van der Waals surface area contributed by atoms with E-state index in [0.717, 1.165) is 18.4 Å². The van der Waals surface area contributed by atoms with Crippen LogP contribution in [0, 0.1) is 11.7 Å². The van der Waals surface area contributed by atoms with E-state index < -0.39 is 5.82 Å². The van der Waals surface area contributed by atoms with Crippen LogP contribution in [0.1, 0.15) is 35.7 Å². The van der Waals surface area contributed by atoms with Crippen LogP contribution in [-0.4, -0.2) is 24.0 Å². The minimum atomic E-state index is -0.433. The number of halogens is 1. The van der Waals surface area contributed by atoms with Crippen LogP contribution in [0.2, 0.25) is 0 Å². The Hall–Kier alpha value is -2.36. The normalized spacial score (nSPS) is 15.0. The number of carbonyl (C=O) groups is 1. The second-order valence-corrected chi connectivity index (χ2v) is 6.34. The van der Waals surface area contributed by atoms with E-state index in [1.165, 1.54) is 25.3 Å². The Balaban J connectivity index is 1.92. The number of rotatable bonds is 6. The van der Waals surface area contributed by atoms with Gasteiger partial charge in [-0.1, -0.05) is 30.3 Å². The van der Waals surface area contributed by atoms with Crippen molar-refractivity contribution in [2.24, 2.45) is 5.92 Å². The Labute approximate surface area is 142 Å². The molecule has 0 spiro atoms. The first kappa shape index (κ1) is 16.5. The number of carbonyl (C=O) groups excluding carboxylic acids is 1. The van der Waals surface area contributed by atoms with Gasteiger partial charge in [0.15, 0.2) is 0 Å². The average molecular weight is 327 g/mol. The van der Waals surface area contributed by atoms with E-state index in [1.54, 1.807) is 0 Å². The summed E-state index contributed by atoms with van der Waals surface area (Å²) in [6.45, 7) is 2.58. The van der Waals surface area contributed by atoms with Crippen molar-refractivity contribution < 1.29 is 13.9 Å². The van der Waals surface area contributed by atoms with E-state index in [4.69, 9.17) is 4.74 Å². The second-order valence-electron chi connectivity index (χ2n) is 6.34. The van der Waals surface area contributed by atoms with Crippen LogP contribution >= 0.6 is 0 Å². The fourth-order valence-corrected chi connectivity index (χ4v) is 3.02. The van der Waals surface area contributed by atoms with Crippen molar-refractivity contribution >= 4 is 5.91 Å². The van der Waals surface area contributed by atoms with Gasteiger partial charge in [0, 0.05) is 12.6 Å². The highest BCUT2D eigenvalue weighted by molar-refractivity contribution is 5.97. The summed E-state index contributed by atoms with van der Waals surface area (Å²) in [6, 6.07) is 14.1. The summed E-state index contributed by atoms with van der Waals surface area (Å²) in [7, 11) is 1.50. The molecular weight excluding hydrogens is 305 g/mol. The largest absolute Gasteiger partial charge is 0.496 e. The van der Waals surface area contributed by atoms with Crippen molar-refractivity contribution in [2.45, 2.75) is 32.4 Å². The van der Waals surface area contributed by atoms with Crippen LogP contribution < -0.4 is 4.74 Å². The SMILES string of the molecule is COc1ccc(F)cc1C(=O)N(Cc1ccccc1)C(C)C1CC1. The Morgan fingerprint density at radius 2 is 1.96 bits per heavy atom. The zero-order chi connectivity index (χ0) is 17.1. The molecule has 3 nitrogen and oxygen atoms in total. The molecule has 1 aliphatic carbocycles. The maximum Gasteiger partial charge on any atom is 0.258 e. The monoisotopic (exact) mass is 327 g/mol. The highest BCUT2D eigenvalue weighted by atomic mass is 19.1. The van der Waals surface area contributed by atoms with Crippen LogP contribution in [-0.2, 0) is 6.54 Å². The highest BCUT2D eigenvalue weighted by Crippen LogP contribution is 2.36. The number of amides is 1. The summed E-state index contributed by atoms with van der Waals surface area (Å²) in [4.78, 5) is 15.0. The van der Waals surface area contributed by atoms with Crippen LogP contribution in [0.3, 0.4) is 0 Å². The van der Waals surface area contributed by atoms with Crippen molar-refractivity contribution in [1.29, 1.82) is 0 Å². The predicted molar refractivity (Wildman–Crippen MR) is 91.5 cm³/mol. The van der Waals surface area contributed by atoms with Crippen molar-refractivity contribution in [3.63, 3.8) is 0 Å². The average Bonchev–Trinajstić information content (AvgIpc) is 3.44. The quantitative estimate of drug-likeness (QED) is 0.793. The zero-order valence-electron chi connectivity index (χ0n) is 14.0. The molecule has 1 saturated carbocycles. The molecule has 1 amide bonds. The van der Waals surface area contributed by atoms with E-state index in [9.17, 15) is 9.18 Å². The summed E-state index contributed by atoms with van der Waals surface area (Å²) in [6.07, 6.45) is 2.28. The number of benzene rings is 2. The molecule has 0 bridgehead atoms. The molecule has 4 heteroatoms. The minimum absolute atomic E-state index is 0.116. The van der Waals surface area contributed by atoms with Crippen molar-refractivity contribution in [3.05, 3.63) is 65.5 Å². The smallest absolute Gasteiger partial charge is 0.258 e. The van der Waals surface area contributed by atoms with Crippen LogP contribution in [0.5, 0.6) is 5.75 Å². The van der Waals surface area contributed by atoms with E-state index in [0.29, 0.717) is 18.2 Å². The van der Waals surface area contributed by atoms with Gasteiger partial charge < -0.3 is 9.64 Å². The van der Waals surface area contributed by atoms with Crippen molar-refractivity contribution in [1.82, 2.24) is 4.90 Å². The standard InChI is InChI=1S/C20H22FNO2/c1-14(16-8-9-16)22(13-15-6-4-3-5-7-15)20(23)18-12-17(21)10-11-19(18)24-2/h3-7,10-12,14,16H,8-9,13H2,1-2H3. The zero-order valence-corrected chi connectivity index (χ0v) is 14.0. The molecule has 0 aromatic heterocycles. The second kappa shape index (κ2) is 7.04. The summed E-state index contributed by atoms with van der Waals surface area (Å²) in [5.74, 6) is 0.312. The molecule has 0 radical (unpaired) electrons. The first-order valence-corrected chi connectivity index (χ1v) is 8.28. The number of hydrogen-bond acceptors (Lipinski definition) is 2. The Kier molecular flexibility index (Phi) is 4.84. The van der Waals surface area contributed by atoms with Crippen molar-refractivity contribution in [2.75, 3.05) is 7.11 Å². The predicted octanol–water partition coefficient (Wildman–Crippen LogP) is 4.28. The third-order valence-corrected chi connectivity index (χ3v) is 4.64. The lowest BCUT2D eigenvalue weighted by molar-refractivity contribution is 0.0650. The van der Waals surface area contributed by atoms with E-state index >= 15 is 0 Å². The van der Waals surface area contributed by atoms with Crippen LogP contribution in [0.25, 0.3) is 0 Å². The fourth-order valence-electron chi connectivity index (χ4n) is 3.02. The number of ether oxygens (including phenoxy) is 1. The van der Waals surface area contributed by atoms with Gasteiger partial charge in [-0.3, -0.25) is 4.79 Å². The molecule has 1 fully saturated rings. The van der Waals surface area contributed by atoms with Gasteiger partial charge in [-0.25, -0.2) is 4.39 Å². The molecule has 3 rings (SSSR count). The van der Waals surface area contributed by atoms with Gasteiger partial charge in [0.05, 0.1) is 12.7 Å². The molecule has 1 atom stereocenters.